The van der Waals surface area contributed by atoms with Crippen molar-refractivity contribution in [2.75, 3.05) is 6.61 Å². The summed E-state index contributed by atoms with van der Waals surface area (Å²) in [6, 6.07) is 9.63. The van der Waals surface area contributed by atoms with E-state index < -0.39 is 11.9 Å². The molecule has 0 unspecified atom stereocenters. The number of allylic oxidation sites excluding steroid dienone is 2. The lowest BCUT2D eigenvalue weighted by molar-refractivity contribution is -0.139. The number of rotatable bonds is 3. The van der Waals surface area contributed by atoms with Gasteiger partial charge < -0.3 is 15.2 Å². The zero-order valence-electron chi connectivity index (χ0n) is 15.2. The van der Waals surface area contributed by atoms with Crippen LogP contribution in [0.1, 0.15) is 30.9 Å². The molecule has 1 aliphatic rings. The average Bonchev–Trinajstić information content (AvgIpc) is 2.61. The van der Waals surface area contributed by atoms with Gasteiger partial charge in [0.15, 0.2) is 0 Å². The van der Waals surface area contributed by atoms with Gasteiger partial charge in [0.25, 0.3) is 0 Å². The summed E-state index contributed by atoms with van der Waals surface area (Å²) in [6.07, 6.45) is 0. The number of aromatic nitrogens is 1. The number of fused-ring (bicyclic) bond motifs is 1. The smallest absolute Gasteiger partial charge is 0.338 e. The zero-order valence-corrected chi connectivity index (χ0v) is 15.9. The first-order valence-electron chi connectivity index (χ1n) is 8.39. The quantitative estimate of drug-likeness (QED) is 0.638. The lowest BCUT2D eigenvalue weighted by Gasteiger charge is -2.27. The number of benzene rings is 1. The van der Waals surface area contributed by atoms with Crippen LogP contribution < -0.4 is 5.73 Å². The Morgan fingerprint density at radius 1 is 1.41 bits per heavy atom. The largest absolute Gasteiger partial charge is 0.463 e. The number of ether oxygens (including phenoxy) is 2. The van der Waals surface area contributed by atoms with E-state index in [0.29, 0.717) is 5.56 Å². The first-order valence-corrected chi connectivity index (χ1v) is 8.77. The van der Waals surface area contributed by atoms with Crippen LogP contribution in [0, 0.1) is 18.3 Å². The summed E-state index contributed by atoms with van der Waals surface area (Å²) >= 11 is 6.44. The second-order valence-corrected chi connectivity index (χ2v) is 6.54. The molecule has 2 N–H and O–H groups in total. The molecular weight excluding hydrogens is 366 g/mol. The van der Waals surface area contributed by atoms with E-state index in [-0.39, 0.29) is 34.5 Å². The number of nitrogens with zero attached hydrogens (tertiary/aromatic N) is 2. The number of nitriles is 1. The third-order valence-corrected chi connectivity index (χ3v) is 4.67. The summed E-state index contributed by atoms with van der Waals surface area (Å²) in [4.78, 5) is 17.0. The minimum atomic E-state index is -0.812. The van der Waals surface area contributed by atoms with Crippen LogP contribution in [0.25, 0.3) is 10.9 Å². The van der Waals surface area contributed by atoms with Crippen molar-refractivity contribution >= 4 is 28.5 Å². The van der Waals surface area contributed by atoms with Gasteiger partial charge in [-0.1, -0.05) is 23.2 Å². The lowest BCUT2D eigenvalue weighted by Crippen LogP contribution is -2.25. The van der Waals surface area contributed by atoms with Gasteiger partial charge in [-0.25, -0.2) is 9.78 Å². The first kappa shape index (κ1) is 18.7. The molecule has 0 saturated heterocycles. The van der Waals surface area contributed by atoms with Crippen molar-refractivity contribution in [3.8, 4) is 6.07 Å². The molecule has 0 aliphatic carbocycles. The summed E-state index contributed by atoms with van der Waals surface area (Å²) < 4.78 is 10.6. The minimum Gasteiger partial charge on any atom is -0.463 e. The second-order valence-electron chi connectivity index (χ2n) is 6.18. The van der Waals surface area contributed by atoms with Gasteiger partial charge in [-0.05, 0) is 39.0 Å². The number of carbonyl (C=O) groups excluding carboxylic acids is 1. The molecular formula is C20H18ClN3O3. The van der Waals surface area contributed by atoms with Gasteiger partial charge in [-0.2, -0.15) is 5.26 Å². The molecule has 2 aromatic rings. The molecule has 7 heteroatoms. The van der Waals surface area contributed by atoms with Crippen molar-refractivity contribution in [3.63, 3.8) is 0 Å². The Hall–Kier alpha value is -3.04. The summed E-state index contributed by atoms with van der Waals surface area (Å²) in [7, 11) is 0. The van der Waals surface area contributed by atoms with Crippen LogP contribution in [0.5, 0.6) is 0 Å². The fourth-order valence-electron chi connectivity index (χ4n) is 3.16. The number of nitrogens with two attached hydrogens (primary N) is 1. The van der Waals surface area contributed by atoms with E-state index in [1.54, 1.807) is 13.8 Å². The molecule has 1 aliphatic heterocycles. The molecule has 1 atom stereocenters. The Bertz CT molecular complexity index is 1050. The van der Waals surface area contributed by atoms with Gasteiger partial charge >= 0.3 is 5.97 Å². The predicted octanol–water partition coefficient (Wildman–Crippen LogP) is 3.84. The Labute approximate surface area is 161 Å². The first-order chi connectivity index (χ1) is 12.9. The molecule has 0 saturated carbocycles. The molecule has 2 heterocycles. The number of pyridine rings is 1. The maximum absolute atomic E-state index is 12.6. The monoisotopic (exact) mass is 383 g/mol. The fourth-order valence-corrected chi connectivity index (χ4v) is 3.41. The summed E-state index contributed by atoms with van der Waals surface area (Å²) in [5, 5.41) is 10.7. The molecule has 1 aromatic heterocycles. The van der Waals surface area contributed by atoms with Crippen molar-refractivity contribution < 1.29 is 14.3 Å². The normalized spacial score (nSPS) is 16.9. The van der Waals surface area contributed by atoms with E-state index in [9.17, 15) is 10.1 Å². The standard InChI is InChI=1S/C20H18ClN3O3/c1-4-26-20(25)16-11(3)27-19(23)14(9-22)17(16)13-8-12-7-10(2)5-6-15(12)24-18(13)21/h5-8,17H,4,23H2,1-3H3/t17-/m0/s1. The van der Waals surface area contributed by atoms with E-state index in [0.717, 1.165) is 16.5 Å². The Balaban J connectivity index is 2.27. The second kappa shape index (κ2) is 7.29. The van der Waals surface area contributed by atoms with Crippen LogP contribution in [0.4, 0.5) is 0 Å². The Morgan fingerprint density at radius 3 is 2.81 bits per heavy atom. The SMILES string of the molecule is CCOC(=O)C1=C(C)OC(N)=C(C#N)[C@@H]1c1cc2cc(C)ccc2nc1Cl. The molecule has 0 radical (unpaired) electrons. The zero-order chi connectivity index (χ0) is 19.7. The van der Waals surface area contributed by atoms with Crippen LogP contribution in [-0.2, 0) is 14.3 Å². The minimum absolute atomic E-state index is 0.0616. The molecule has 0 spiro atoms. The van der Waals surface area contributed by atoms with Crippen LogP contribution in [0.2, 0.25) is 5.15 Å². The Kier molecular flexibility index (Phi) is 5.06. The van der Waals surface area contributed by atoms with E-state index in [4.69, 9.17) is 26.8 Å². The van der Waals surface area contributed by atoms with Gasteiger partial charge in [-0.15, -0.1) is 0 Å². The van der Waals surface area contributed by atoms with Crippen LogP contribution in [0.3, 0.4) is 0 Å². The number of esters is 1. The summed E-state index contributed by atoms with van der Waals surface area (Å²) in [5.74, 6) is -1.18. The van der Waals surface area contributed by atoms with E-state index in [1.807, 2.05) is 37.3 Å². The predicted molar refractivity (Wildman–Crippen MR) is 101 cm³/mol. The topological polar surface area (TPSA) is 98.2 Å². The maximum Gasteiger partial charge on any atom is 0.338 e. The number of halogens is 1. The summed E-state index contributed by atoms with van der Waals surface area (Å²) in [5.41, 5.74) is 8.48. The van der Waals surface area contributed by atoms with Gasteiger partial charge in [0.1, 0.15) is 22.6 Å². The highest BCUT2D eigenvalue weighted by atomic mass is 35.5. The molecule has 138 valence electrons. The molecule has 27 heavy (non-hydrogen) atoms. The third kappa shape index (κ3) is 3.34. The van der Waals surface area contributed by atoms with Crippen molar-refractivity contribution in [2.24, 2.45) is 5.73 Å². The van der Waals surface area contributed by atoms with Gasteiger partial charge in [0.05, 0.1) is 23.6 Å². The van der Waals surface area contributed by atoms with Crippen molar-refractivity contribution in [3.05, 3.63) is 63.3 Å². The summed E-state index contributed by atoms with van der Waals surface area (Å²) in [6.45, 7) is 5.46. The number of hydrogen-bond donors (Lipinski definition) is 1. The van der Waals surface area contributed by atoms with Crippen molar-refractivity contribution in [2.45, 2.75) is 26.7 Å². The van der Waals surface area contributed by atoms with Crippen LogP contribution >= 0.6 is 11.6 Å². The maximum atomic E-state index is 12.6. The molecule has 3 rings (SSSR count). The van der Waals surface area contributed by atoms with Crippen molar-refractivity contribution in [1.82, 2.24) is 4.98 Å². The third-order valence-electron chi connectivity index (χ3n) is 4.36. The van der Waals surface area contributed by atoms with Crippen LogP contribution in [-0.4, -0.2) is 17.6 Å². The van der Waals surface area contributed by atoms with Crippen molar-refractivity contribution in [1.29, 1.82) is 5.26 Å². The number of hydrogen-bond acceptors (Lipinski definition) is 6. The molecule has 0 bridgehead atoms. The van der Waals surface area contributed by atoms with E-state index in [2.05, 4.69) is 4.98 Å². The molecule has 6 nitrogen and oxygen atoms in total. The highest BCUT2D eigenvalue weighted by molar-refractivity contribution is 6.30. The van der Waals surface area contributed by atoms with Gasteiger partial charge in [-0.3, -0.25) is 0 Å². The van der Waals surface area contributed by atoms with Crippen LogP contribution in [0.15, 0.2) is 47.1 Å². The highest BCUT2D eigenvalue weighted by Gasteiger charge is 2.37. The van der Waals surface area contributed by atoms with Gasteiger partial charge in [0, 0.05) is 10.9 Å². The van der Waals surface area contributed by atoms with E-state index in [1.165, 1.54) is 0 Å². The molecule has 0 amide bonds. The number of carbonyl (C=O) groups is 1. The van der Waals surface area contributed by atoms with Gasteiger partial charge in [0.2, 0.25) is 5.88 Å². The highest BCUT2D eigenvalue weighted by Crippen LogP contribution is 2.42. The molecule has 1 aromatic carbocycles. The lowest BCUT2D eigenvalue weighted by atomic mass is 9.83. The van der Waals surface area contributed by atoms with E-state index >= 15 is 0 Å². The number of aryl methyl sites for hydroxylation is 1. The fraction of sp³-hybridized carbons (Fsp3) is 0.250. The average molecular weight is 384 g/mol. The Morgan fingerprint density at radius 2 is 2.15 bits per heavy atom. The molecule has 0 fully saturated rings.